The van der Waals surface area contributed by atoms with Crippen molar-refractivity contribution in [2.75, 3.05) is 17.6 Å². The first-order valence-electron chi connectivity index (χ1n) is 10.1. The maximum absolute atomic E-state index is 13.8. The van der Waals surface area contributed by atoms with Gasteiger partial charge in [0.05, 0.1) is 18.5 Å². The minimum Gasteiger partial charge on any atom is -0.334 e. The Hall–Kier alpha value is -3.65. The fourth-order valence-corrected chi connectivity index (χ4v) is 4.41. The third-order valence-electron chi connectivity index (χ3n) is 5.67. The van der Waals surface area contributed by atoms with Crippen molar-refractivity contribution < 1.29 is 13.2 Å². The number of amides is 1. The van der Waals surface area contributed by atoms with Gasteiger partial charge in [-0.25, -0.2) is 8.42 Å². The van der Waals surface area contributed by atoms with Gasteiger partial charge in [0, 0.05) is 7.05 Å². The Bertz CT molecular complexity index is 1220. The summed E-state index contributed by atoms with van der Waals surface area (Å²) in [5.41, 5.74) is 1.49. The first-order chi connectivity index (χ1) is 15.2. The number of guanidine groups is 1. The van der Waals surface area contributed by atoms with Crippen LogP contribution in [0, 0.1) is 5.41 Å². The second-order valence-corrected chi connectivity index (χ2v) is 9.76. The number of sulfonamides is 1. The molecule has 0 saturated carbocycles. The molecule has 1 heterocycles. The summed E-state index contributed by atoms with van der Waals surface area (Å²) in [6.07, 6.45) is 1.14. The monoisotopic (exact) mass is 448 g/mol. The van der Waals surface area contributed by atoms with E-state index in [2.05, 4.69) is 5.32 Å². The first-order valence-corrected chi connectivity index (χ1v) is 11.9. The minimum atomic E-state index is -3.41. The van der Waals surface area contributed by atoms with Gasteiger partial charge in [0.1, 0.15) is 0 Å². The Morgan fingerprint density at radius 1 is 0.938 bits per heavy atom. The minimum absolute atomic E-state index is 0.00965. The largest absolute Gasteiger partial charge is 0.334 e. The Morgan fingerprint density at radius 3 is 2.03 bits per heavy atom. The fraction of sp³-hybridized carbons (Fsp3) is 0.167. The molecule has 0 radical (unpaired) electrons. The molecule has 3 aromatic carbocycles. The highest BCUT2D eigenvalue weighted by molar-refractivity contribution is 7.92. The predicted molar refractivity (Wildman–Crippen MR) is 125 cm³/mol. The highest BCUT2D eigenvalue weighted by Gasteiger charge is 2.52. The van der Waals surface area contributed by atoms with Crippen LogP contribution in [0.2, 0.25) is 0 Å². The maximum atomic E-state index is 13.8. The summed E-state index contributed by atoms with van der Waals surface area (Å²) in [4.78, 5) is 15.2. The van der Waals surface area contributed by atoms with E-state index in [0.29, 0.717) is 5.69 Å². The van der Waals surface area contributed by atoms with Crippen LogP contribution in [0.5, 0.6) is 0 Å². The second-order valence-electron chi connectivity index (χ2n) is 7.75. The highest BCUT2D eigenvalue weighted by atomic mass is 32.2. The number of carbonyl (C=O) groups excluding carboxylic acids is 1. The van der Waals surface area contributed by atoms with Crippen molar-refractivity contribution in [3.05, 3.63) is 102 Å². The molecule has 1 amide bonds. The SMILES string of the molecule is CN(c1cccc(CN2C(=N)NC(c3ccccc3)(c3ccccc3)C2=O)c1)S(C)(=O)=O. The van der Waals surface area contributed by atoms with Gasteiger partial charge in [-0.2, -0.15) is 0 Å². The normalized spacial score (nSPS) is 15.5. The molecule has 0 atom stereocenters. The molecule has 1 aliphatic rings. The first kappa shape index (κ1) is 21.6. The van der Waals surface area contributed by atoms with Crippen molar-refractivity contribution in [2.24, 2.45) is 0 Å². The van der Waals surface area contributed by atoms with E-state index in [1.165, 1.54) is 16.3 Å². The van der Waals surface area contributed by atoms with Crippen LogP contribution in [0.4, 0.5) is 5.69 Å². The molecule has 8 heteroatoms. The zero-order valence-corrected chi connectivity index (χ0v) is 18.6. The van der Waals surface area contributed by atoms with E-state index in [1.54, 1.807) is 18.2 Å². The van der Waals surface area contributed by atoms with Crippen molar-refractivity contribution in [3.63, 3.8) is 0 Å². The zero-order valence-electron chi connectivity index (χ0n) is 17.8. The van der Waals surface area contributed by atoms with Crippen LogP contribution >= 0.6 is 0 Å². The Kier molecular flexibility index (Phi) is 5.48. The zero-order chi connectivity index (χ0) is 22.9. The summed E-state index contributed by atoms with van der Waals surface area (Å²) in [7, 11) is -1.93. The summed E-state index contributed by atoms with van der Waals surface area (Å²) in [6.45, 7) is 0.136. The summed E-state index contributed by atoms with van der Waals surface area (Å²) in [6, 6.07) is 25.7. The summed E-state index contributed by atoms with van der Waals surface area (Å²) >= 11 is 0. The van der Waals surface area contributed by atoms with E-state index in [9.17, 15) is 13.2 Å². The van der Waals surface area contributed by atoms with Gasteiger partial charge in [-0.15, -0.1) is 0 Å². The van der Waals surface area contributed by atoms with E-state index in [0.717, 1.165) is 22.9 Å². The van der Waals surface area contributed by atoms with Gasteiger partial charge in [-0.05, 0) is 28.8 Å². The van der Waals surface area contributed by atoms with Crippen LogP contribution in [-0.4, -0.2) is 38.5 Å². The third-order valence-corrected chi connectivity index (χ3v) is 6.87. The maximum Gasteiger partial charge on any atom is 0.264 e. The number of anilines is 1. The molecule has 2 N–H and O–H groups in total. The van der Waals surface area contributed by atoms with Gasteiger partial charge in [0.15, 0.2) is 11.5 Å². The number of nitrogens with one attached hydrogen (secondary N) is 2. The molecule has 0 unspecified atom stereocenters. The number of carbonyl (C=O) groups is 1. The molecule has 1 saturated heterocycles. The van der Waals surface area contributed by atoms with Gasteiger partial charge in [-0.1, -0.05) is 72.8 Å². The number of hydrogen-bond donors (Lipinski definition) is 2. The molecular weight excluding hydrogens is 424 g/mol. The van der Waals surface area contributed by atoms with Crippen LogP contribution in [0.15, 0.2) is 84.9 Å². The summed E-state index contributed by atoms with van der Waals surface area (Å²) < 4.78 is 25.0. The van der Waals surface area contributed by atoms with Gasteiger partial charge in [-0.3, -0.25) is 19.4 Å². The predicted octanol–water partition coefficient (Wildman–Crippen LogP) is 2.89. The number of benzene rings is 3. The molecule has 0 aromatic heterocycles. The van der Waals surface area contributed by atoms with E-state index in [1.807, 2.05) is 66.7 Å². The molecule has 1 aliphatic heterocycles. The fourth-order valence-electron chi connectivity index (χ4n) is 3.91. The van der Waals surface area contributed by atoms with Crippen molar-refractivity contribution in [2.45, 2.75) is 12.1 Å². The van der Waals surface area contributed by atoms with Crippen molar-refractivity contribution >= 4 is 27.6 Å². The molecule has 1 fully saturated rings. The Balaban J connectivity index is 1.72. The molecule has 4 rings (SSSR count). The van der Waals surface area contributed by atoms with E-state index >= 15 is 0 Å². The van der Waals surface area contributed by atoms with Crippen LogP contribution in [0.1, 0.15) is 16.7 Å². The molecule has 0 aliphatic carbocycles. The van der Waals surface area contributed by atoms with E-state index < -0.39 is 15.6 Å². The van der Waals surface area contributed by atoms with E-state index in [4.69, 9.17) is 5.41 Å². The van der Waals surface area contributed by atoms with Gasteiger partial charge in [0.25, 0.3) is 5.91 Å². The lowest BCUT2D eigenvalue weighted by Crippen LogP contribution is -2.45. The van der Waals surface area contributed by atoms with Gasteiger partial charge in [0.2, 0.25) is 10.0 Å². The quantitative estimate of drug-likeness (QED) is 0.606. The standard InChI is InChI=1S/C24H24N4O3S/c1-27(32(2,30)31)21-15-9-10-18(16-21)17-28-22(29)24(26-23(28)25,19-11-5-3-6-12-19)20-13-7-4-8-14-20/h3-16H,17H2,1-2H3,(H2,25,26). The molecule has 0 bridgehead atoms. The molecule has 0 spiro atoms. The van der Waals surface area contributed by atoms with Crippen LogP contribution in [0.3, 0.4) is 0 Å². The van der Waals surface area contributed by atoms with Crippen molar-refractivity contribution in [1.29, 1.82) is 5.41 Å². The lowest BCUT2D eigenvalue weighted by Gasteiger charge is -2.28. The molecule has 3 aromatic rings. The number of nitrogens with zero attached hydrogens (tertiary/aromatic N) is 2. The molecule has 7 nitrogen and oxygen atoms in total. The average molecular weight is 449 g/mol. The van der Waals surface area contributed by atoms with Gasteiger partial charge >= 0.3 is 0 Å². The Morgan fingerprint density at radius 2 is 1.50 bits per heavy atom. The van der Waals surface area contributed by atoms with Crippen molar-refractivity contribution in [3.8, 4) is 0 Å². The summed E-state index contributed by atoms with van der Waals surface area (Å²) in [5, 5.41) is 11.7. The molecular formula is C24H24N4O3S. The smallest absolute Gasteiger partial charge is 0.264 e. The van der Waals surface area contributed by atoms with Crippen LogP contribution < -0.4 is 9.62 Å². The second kappa shape index (κ2) is 8.12. The van der Waals surface area contributed by atoms with E-state index in [-0.39, 0.29) is 18.4 Å². The van der Waals surface area contributed by atoms with Crippen LogP contribution in [-0.2, 0) is 26.9 Å². The van der Waals surface area contributed by atoms with Crippen molar-refractivity contribution in [1.82, 2.24) is 10.2 Å². The lowest BCUT2D eigenvalue weighted by atomic mass is 9.82. The highest BCUT2D eigenvalue weighted by Crippen LogP contribution is 2.36. The molecule has 32 heavy (non-hydrogen) atoms. The number of rotatable bonds is 6. The average Bonchev–Trinajstić information content (AvgIpc) is 3.05. The Labute approximate surface area is 187 Å². The van der Waals surface area contributed by atoms with Crippen LogP contribution in [0.25, 0.3) is 0 Å². The third kappa shape index (κ3) is 3.73. The van der Waals surface area contributed by atoms with Gasteiger partial charge < -0.3 is 5.32 Å². The summed E-state index contributed by atoms with van der Waals surface area (Å²) in [5.74, 6) is -0.272. The molecule has 164 valence electrons. The lowest BCUT2D eigenvalue weighted by molar-refractivity contribution is -0.130. The number of hydrogen-bond acceptors (Lipinski definition) is 4. The topological polar surface area (TPSA) is 93.6 Å².